The van der Waals surface area contributed by atoms with E-state index in [9.17, 15) is 0 Å². The van der Waals surface area contributed by atoms with E-state index in [0.29, 0.717) is 5.89 Å². The van der Waals surface area contributed by atoms with Gasteiger partial charge in [-0.2, -0.15) is 4.98 Å². The van der Waals surface area contributed by atoms with Crippen molar-refractivity contribution in [3.05, 3.63) is 11.7 Å². The number of rotatable bonds is 8. The van der Waals surface area contributed by atoms with Crippen LogP contribution >= 0.6 is 0 Å². The first-order valence-electron chi connectivity index (χ1n) is 5.87. The molecule has 1 aromatic heterocycles. The summed E-state index contributed by atoms with van der Waals surface area (Å²) in [4.78, 5) is 6.42. The van der Waals surface area contributed by atoms with Crippen molar-refractivity contribution in [2.24, 2.45) is 0 Å². The molecule has 1 aromatic rings. The summed E-state index contributed by atoms with van der Waals surface area (Å²) in [6.07, 6.45) is 3.83. The summed E-state index contributed by atoms with van der Waals surface area (Å²) >= 11 is 0. The number of nitrogens with zero attached hydrogens (tertiary/aromatic N) is 3. The molecule has 1 heterocycles. The molecule has 5 heteroatoms. The molecular formula is C11H21N3O2. The van der Waals surface area contributed by atoms with Gasteiger partial charge in [-0.05, 0) is 32.9 Å². The quantitative estimate of drug-likeness (QED) is 0.677. The van der Waals surface area contributed by atoms with Gasteiger partial charge in [0.05, 0.1) is 6.54 Å². The van der Waals surface area contributed by atoms with Crippen molar-refractivity contribution in [2.45, 2.75) is 39.2 Å². The lowest BCUT2D eigenvalue weighted by atomic mass is 10.2. The van der Waals surface area contributed by atoms with Crippen molar-refractivity contribution in [3.63, 3.8) is 0 Å². The van der Waals surface area contributed by atoms with Crippen molar-refractivity contribution in [3.8, 4) is 0 Å². The second kappa shape index (κ2) is 7.35. The molecular weight excluding hydrogens is 206 g/mol. The van der Waals surface area contributed by atoms with Crippen molar-refractivity contribution in [1.29, 1.82) is 0 Å². The molecule has 0 bridgehead atoms. The first-order valence-corrected chi connectivity index (χ1v) is 5.87. The van der Waals surface area contributed by atoms with E-state index in [1.165, 1.54) is 0 Å². The van der Waals surface area contributed by atoms with Gasteiger partial charge in [0.2, 0.25) is 5.89 Å². The Bertz CT molecular complexity index is 289. The molecule has 0 saturated carbocycles. The molecule has 0 unspecified atom stereocenters. The van der Waals surface area contributed by atoms with E-state index >= 15 is 0 Å². The maximum absolute atomic E-state index is 8.65. The summed E-state index contributed by atoms with van der Waals surface area (Å²) in [5.41, 5.74) is 0. The van der Waals surface area contributed by atoms with Crippen LogP contribution in [0.3, 0.4) is 0 Å². The normalized spacial score (nSPS) is 11.2. The third kappa shape index (κ3) is 4.72. The van der Waals surface area contributed by atoms with Gasteiger partial charge in [0.15, 0.2) is 5.82 Å². The molecule has 0 aliphatic heterocycles. The van der Waals surface area contributed by atoms with Crippen molar-refractivity contribution < 1.29 is 9.63 Å². The Balaban J connectivity index is 2.20. The zero-order valence-corrected chi connectivity index (χ0v) is 10.1. The molecule has 1 rings (SSSR count). The number of aliphatic hydroxyl groups excluding tert-OH is 1. The fourth-order valence-electron chi connectivity index (χ4n) is 1.49. The minimum absolute atomic E-state index is 0.286. The van der Waals surface area contributed by atoms with Gasteiger partial charge in [0.1, 0.15) is 0 Å². The van der Waals surface area contributed by atoms with Gasteiger partial charge in [0, 0.05) is 13.0 Å². The van der Waals surface area contributed by atoms with Crippen LogP contribution in [0.25, 0.3) is 0 Å². The maximum Gasteiger partial charge on any atom is 0.226 e. The SMILES string of the molecule is CCc1nc(CN(C)CCCCCO)no1. The lowest BCUT2D eigenvalue weighted by Crippen LogP contribution is -2.19. The molecule has 5 nitrogen and oxygen atoms in total. The molecule has 16 heavy (non-hydrogen) atoms. The van der Waals surface area contributed by atoms with Gasteiger partial charge in [-0.15, -0.1) is 0 Å². The minimum atomic E-state index is 0.286. The Hall–Kier alpha value is -0.940. The Labute approximate surface area is 96.5 Å². The van der Waals surface area contributed by atoms with Crippen LogP contribution in [0.1, 0.15) is 37.9 Å². The van der Waals surface area contributed by atoms with E-state index in [0.717, 1.165) is 44.6 Å². The average Bonchev–Trinajstić information content (AvgIpc) is 2.72. The van der Waals surface area contributed by atoms with Gasteiger partial charge in [-0.1, -0.05) is 12.1 Å². The van der Waals surface area contributed by atoms with E-state index in [4.69, 9.17) is 9.63 Å². The number of aryl methyl sites for hydroxylation is 1. The molecule has 0 aliphatic carbocycles. The maximum atomic E-state index is 8.65. The summed E-state index contributed by atoms with van der Waals surface area (Å²) in [5.74, 6) is 1.45. The summed E-state index contributed by atoms with van der Waals surface area (Å²) in [6, 6.07) is 0. The Morgan fingerprint density at radius 1 is 1.31 bits per heavy atom. The van der Waals surface area contributed by atoms with Crippen LogP contribution in [0.5, 0.6) is 0 Å². The van der Waals surface area contributed by atoms with Crippen LogP contribution in [0.2, 0.25) is 0 Å². The van der Waals surface area contributed by atoms with E-state index in [1.807, 2.05) is 14.0 Å². The molecule has 0 saturated heterocycles. The fourth-order valence-corrected chi connectivity index (χ4v) is 1.49. The van der Waals surface area contributed by atoms with Gasteiger partial charge >= 0.3 is 0 Å². The van der Waals surface area contributed by atoms with Crippen LogP contribution in [0, 0.1) is 0 Å². The van der Waals surface area contributed by atoms with Gasteiger partial charge in [-0.25, -0.2) is 0 Å². The summed E-state index contributed by atoms with van der Waals surface area (Å²) in [7, 11) is 2.04. The highest BCUT2D eigenvalue weighted by Gasteiger charge is 2.07. The monoisotopic (exact) mass is 227 g/mol. The average molecular weight is 227 g/mol. The molecule has 0 fully saturated rings. The molecule has 92 valence electrons. The molecule has 0 aliphatic rings. The summed E-state index contributed by atoms with van der Waals surface area (Å²) in [6.45, 7) is 4.00. The lowest BCUT2D eigenvalue weighted by molar-refractivity contribution is 0.268. The minimum Gasteiger partial charge on any atom is -0.396 e. The largest absolute Gasteiger partial charge is 0.396 e. The first-order chi connectivity index (χ1) is 7.76. The highest BCUT2D eigenvalue weighted by atomic mass is 16.5. The van der Waals surface area contributed by atoms with Crippen LogP contribution in [0.4, 0.5) is 0 Å². The van der Waals surface area contributed by atoms with Crippen molar-refractivity contribution in [1.82, 2.24) is 15.0 Å². The molecule has 1 N–H and O–H groups in total. The molecule has 0 aromatic carbocycles. The topological polar surface area (TPSA) is 62.4 Å². The van der Waals surface area contributed by atoms with E-state index in [-0.39, 0.29) is 6.61 Å². The molecule has 0 radical (unpaired) electrons. The predicted octanol–water partition coefficient (Wildman–Crippen LogP) is 1.23. The highest BCUT2D eigenvalue weighted by Crippen LogP contribution is 2.03. The van der Waals surface area contributed by atoms with Gasteiger partial charge in [0.25, 0.3) is 0 Å². The summed E-state index contributed by atoms with van der Waals surface area (Å²) < 4.78 is 5.04. The summed E-state index contributed by atoms with van der Waals surface area (Å²) in [5, 5.41) is 12.6. The molecule has 0 atom stereocenters. The Morgan fingerprint density at radius 3 is 2.75 bits per heavy atom. The number of hydrogen-bond donors (Lipinski definition) is 1. The zero-order chi connectivity index (χ0) is 11.8. The van der Waals surface area contributed by atoms with Crippen molar-refractivity contribution in [2.75, 3.05) is 20.2 Å². The smallest absolute Gasteiger partial charge is 0.226 e. The lowest BCUT2D eigenvalue weighted by Gasteiger charge is -2.13. The third-order valence-electron chi connectivity index (χ3n) is 2.42. The van der Waals surface area contributed by atoms with Crippen LogP contribution in [-0.4, -0.2) is 40.3 Å². The van der Waals surface area contributed by atoms with E-state index in [1.54, 1.807) is 0 Å². The highest BCUT2D eigenvalue weighted by molar-refractivity contribution is 4.85. The Kier molecular flexibility index (Phi) is 6.03. The van der Waals surface area contributed by atoms with Crippen molar-refractivity contribution >= 4 is 0 Å². The number of aromatic nitrogens is 2. The first kappa shape index (κ1) is 13.1. The van der Waals surface area contributed by atoms with E-state index < -0.39 is 0 Å². The number of hydrogen-bond acceptors (Lipinski definition) is 5. The number of unbranched alkanes of at least 4 members (excludes halogenated alkanes) is 2. The molecule has 0 spiro atoms. The fraction of sp³-hybridized carbons (Fsp3) is 0.818. The zero-order valence-electron chi connectivity index (χ0n) is 10.1. The van der Waals surface area contributed by atoms with Crippen LogP contribution < -0.4 is 0 Å². The second-order valence-electron chi connectivity index (χ2n) is 3.98. The van der Waals surface area contributed by atoms with Crippen LogP contribution in [0.15, 0.2) is 4.52 Å². The second-order valence-corrected chi connectivity index (χ2v) is 3.98. The van der Waals surface area contributed by atoms with Gasteiger partial charge < -0.3 is 9.63 Å². The van der Waals surface area contributed by atoms with E-state index in [2.05, 4.69) is 15.0 Å². The third-order valence-corrected chi connectivity index (χ3v) is 2.42. The van der Waals surface area contributed by atoms with Crippen LogP contribution in [-0.2, 0) is 13.0 Å². The predicted molar refractivity (Wildman–Crippen MR) is 60.9 cm³/mol. The molecule has 0 amide bonds. The number of aliphatic hydroxyl groups is 1. The standard InChI is InChI=1S/C11H21N3O2/c1-3-11-12-10(13-16-11)9-14(2)7-5-4-6-8-15/h15H,3-9H2,1-2H3. The van der Waals surface area contributed by atoms with Gasteiger partial charge in [-0.3, -0.25) is 4.90 Å². The Morgan fingerprint density at radius 2 is 2.12 bits per heavy atom.